The Balaban J connectivity index is 2.14. The van der Waals surface area contributed by atoms with E-state index in [1.165, 1.54) is 0 Å². The molecule has 1 aromatic rings. The molecule has 2 atom stereocenters. The molecule has 1 fully saturated rings. The van der Waals surface area contributed by atoms with Crippen LogP contribution in [0.2, 0.25) is 0 Å². The summed E-state index contributed by atoms with van der Waals surface area (Å²) in [4.78, 5) is 0.325. The molecule has 18 heavy (non-hydrogen) atoms. The largest absolute Gasteiger partial charge is 0.240 e. The molecule has 6 heteroatoms. The maximum Gasteiger partial charge on any atom is 0.240 e. The van der Waals surface area contributed by atoms with Crippen LogP contribution in [0.15, 0.2) is 33.6 Å². The van der Waals surface area contributed by atoms with Gasteiger partial charge in [0.15, 0.2) is 0 Å². The lowest BCUT2D eigenvalue weighted by molar-refractivity contribution is 0.484. The Labute approximate surface area is 125 Å². The number of nitrogens with one attached hydrogen (secondary N) is 1. The number of alkyl halides is 1. The molecular weight excluding hydrogens is 382 g/mol. The van der Waals surface area contributed by atoms with Gasteiger partial charge in [-0.15, -0.1) is 0 Å². The van der Waals surface area contributed by atoms with Gasteiger partial charge in [0.05, 0.1) is 4.90 Å². The topological polar surface area (TPSA) is 46.2 Å². The molecule has 0 amide bonds. The van der Waals surface area contributed by atoms with Gasteiger partial charge in [-0.3, -0.25) is 0 Å². The molecule has 1 N–H and O–H groups in total. The maximum atomic E-state index is 12.2. The van der Waals surface area contributed by atoms with Crippen LogP contribution in [0.25, 0.3) is 0 Å². The molecule has 2 rings (SSSR count). The molecule has 0 aliphatic heterocycles. The first-order chi connectivity index (χ1) is 8.53. The summed E-state index contributed by atoms with van der Waals surface area (Å²) in [5.74, 6) is 0.398. The van der Waals surface area contributed by atoms with E-state index in [2.05, 4.69) is 36.6 Å². The Hall–Kier alpha value is 0.0900. The van der Waals surface area contributed by atoms with Gasteiger partial charge in [-0.1, -0.05) is 38.3 Å². The monoisotopic (exact) mass is 395 g/mol. The number of benzene rings is 1. The van der Waals surface area contributed by atoms with Crippen molar-refractivity contribution in [1.29, 1.82) is 0 Å². The van der Waals surface area contributed by atoms with Crippen LogP contribution in [0.5, 0.6) is 0 Å². The fourth-order valence-electron chi connectivity index (χ4n) is 2.26. The normalized spacial score (nSPS) is 24.3. The molecule has 2 unspecified atom stereocenters. The van der Waals surface area contributed by atoms with E-state index in [1.54, 1.807) is 24.3 Å². The Bertz CT molecular complexity index is 501. The lowest BCUT2D eigenvalue weighted by atomic mass is 10.1. The van der Waals surface area contributed by atoms with Gasteiger partial charge in [-0.25, -0.2) is 13.1 Å². The van der Waals surface area contributed by atoms with Gasteiger partial charge in [0.25, 0.3) is 0 Å². The number of rotatable bonds is 4. The molecule has 1 aliphatic carbocycles. The third kappa shape index (κ3) is 3.35. The van der Waals surface area contributed by atoms with Crippen LogP contribution in [0, 0.1) is 5.92 Å². The van der Waals surface area contributed by atoms with Gasteiger partial charge in [0.1, 0.15) is 0 Å². The van der Waals surface area contributed by atoms with Crippen molar-refractivity contribution >= 4 is 41.9 Å². The molecule has 0 radical (unpaired) electrons. The van der Waals surface area contributed by atoms with Gasteiger partial charge in [0, 0.05) is 15.8 Å². The summed E-state index contributed by atoms with van der Waals surface area (Å²) >= 11 is 6.75. The van der Waals surface area contributed by atoms with E-state index >= 15 is 0 Å². The highest BCUT2D eigenvalue weighted by molar-refractivity contribution is 9.10. The number of hydrogen-bond acceptors (Lipinski definition) is 2. The second-order valence-corrected chi connectivity index (χ2v) is 7.80. The van der Waals surface area contributed by atoms with Crippen molar-refractivity contribution in [3.8, 4) is 0 Å². The highest BCUT2D eigenvalue weighted by Gasteiger charge is 2.30. The van der Waals surface area contributed by atoms with Crippen LogP contribution < -0.4 is 4.72 Å². The van der Waals surface area contributed by atoms with E-state index < -0.39 is 10.0 Å². The Kier molecular flexibility index (Phi) is 4.86. The quantitative estimate of drug-likeness (QED) is 0.793. The van der Waals surface area contributed by atoms with Crippen molar-refractivity contribution in [3.63, 3.8) is 0 Å². The molecule has 0 saturated heterocycles. The SMILES string of the molecule is O=S(=O)(NC1CCCC1CBr)c1ccc(Br)cc1. The predicted octanol–water partition coefficient (Wildman–Crippen LogP) is 3.29. The zero-order valence-corrected chi connectivity index (χ0v) is 13.8. The molecule has 1 aromatic carbocycles. The van der Waals surface area contributed by atoms with Crippen LogP contribution in [0.4, 0.5) is 0 Å². The molecule has 1 aliphatic rings. The summed E-state index contributed by atoms with van der Waals surface area (Å²) in [6.07, 6.45) is 3.09. The predicted molar refractivity (Wildman–Crippen MR) is 79.4 cm³/mol. The summed E-state index contributed by atoms with van der Waals surface area (Å²) in [6.45, 7) is 0. The lowest BCUT2D eigenvalue weighted by Crippen LogP contribution is -2.37. The standard InChI is InChI=1S/C12H15Br2NO2S/c13-8-9-2-1-3-12(9)15-18(16,17)11-6-4-10(14)5-7-11/h4-7,9,12,15H,1-3,8H2. The lowest BCUT2D eigenvalue weighted by Gasteiger charge is -2.19. The minimum Gasteiger partial charge on any atom is -0.208 e. The first-order valence-electron chi connectivity index (χ1n) is 5.87. The molecule has 1 saturated carbocycles. The number of hydrogen-bond donors (Lipinski definition) is 1. The zero-order chi connectivity index (χ0) is 13.2. The Morgan fingerprint density at radius 1 is 1.22 bits per heavy atom. The third-order valence-electron chi connectivity index (χ3n) is 3.29. The molecule has 0 spiro atoms. The van der Waals surface area contributed by atoms with Crippen LogP contribution in [-0.4, -0.2) is 19.8 Å². The highest BCUT2D eigenvalue weighted by Crippen LogP contribution is 2.28. The Morgan fingerprint density at radius 3 is 2.50 bits per heavy atom. The summed E-state index contributed by atoms with van der Waals surface area (Å²) in [5, 5.41) is 0.848. The third-order valence-corrected chi connectivity index (χ3v) is 6.15. The number of halogens is 2. The summed E-state index contributed by atoms with van der Waals surface area (Å²) < 4.78 is 28.1. The maximum absolute atomic E-state index is 12.2. The van der Waals surface area contributed by atoms with E-state index in [-0.39, 0.29) is 6.04 Å². The number of sulfonamides is 1. The molecule has 3 nitrogen and oxygen atoms in total. The fourth-order valence-corrected chi connectivity index (χ4v) is 4.64. The Morgan fingerprint density at radius 2 is 1.89 bits per heavy atom. The smallest absolute Gasteiger partial charge is 0.208 e. The van der Waals surface area contributed by atoms with Gasteiger partial charge >= 0.3 is 0 Å². The van der Waals surface area contributed by atoms with Crippen molar-refractivity contribution in [2.45, 2.75) is 30.2 Å². The van der Waals surface area contributed by atoms with Gasteiger partial charge in [0.2, 0.25) is 10.0 Å². The van der Waals surface area contributed by atoms with Crippen molar-refractivity contribution in [3.05, 3.63) is 28.7 Å². The molecular formula is C12H15Br2NO2S. The van der Waals surface area contributed by atoms with Crippen LogP contribution in [-0.2, 0) is 10.0 Å². The molecule has 100 valence electrons. The second kappa shape index (κ2) is 6.03. The first kappa shape index (κ1) is 14.5. The minimum absolute atomic E-state index is 0.0537. The second-order valence-electron chi connectivity index (χ2n) is 4.53. The molecule has 0 heterocycles. The van der Waals surface area contributed by atoms with E-state index in [0.29, 0.717) is 10.8 Å². The summed E-state index contributed by atoms with van der Waals surface area (Å²) in [7, 11) is -3.40. The van der Waals surface area contributed by atoms with E-state index in [9.17, 15) is 8.42 Å². The van der Waals surface area contributed by atoms with Crippen molar-refractivity contribution in [1.82, 2.24) is 4.72 Å². The summed E-state index contributed by atoms with van der Waals surface area (Å²) in [5.41, 5.74) is 0. The van der Waals surface area contributed by atoms with E-state index in [0.717, 1.165) is 29.1 Å². The van der Waals surface area contributed by atoms with Gasteiger partial charge < -0.3 is 0 Å². The van der Waals surface area contributed by atoms with Crippen LogP contribution in [0.3, 0.4) is 0 Å². The summed E-state index contributed by atoms with van der Waals surface area (Å²) in [6, 6.07) is 6.77. The van der Waals surface area contributed by atoms with E-state index in [1.807, 2.05) is 0 Å². The van der Waals surface area contributed by atoms with Crippen LogP contribution >= 0.6 is 31.9 Å². The van der Waals surface area contributed by atoms with E-state index in [4.69, 9.17) is 0 Å². The fraction of sp³-hybridized carbons (Fsp3) is 0.500. The van der Waals surface area contributed by atoms with Crippen molar-refractivity contribution in [2.24, 2.45) is 5.92 Å². The molecule has 0 bridgehead atoms. The molecule has 0 aromatic heterocycles. The first-order valence-corrected chi connectivity index (χ1v) is 9.26. The average Bonchev–Trinajstić information content (AvgIpc) is 2.76. The van der Waals surface area contributed by atoms with Crippen molar-refractivity contribution in [2.75, 3.05) is 5.33 Å². The minimum atomic E-state index is -3.40. The highest BCUT2D eigenvalue weighted by atomic mass is 79.9. The van der Waals surface area contributed by atoms with Gasteiger partial charge in [-0.05, 0) is 43.0 Å². The van der Waals surface area contributed by atoms with Crippen molar-refractivity contribution < 1.29 is 8.42 Å². The average molecular weight is 397 g/mol. The zero-order valence-electron chi connectivity index (χ0n) is 9.77. The van der Waals surface area contributed by atoms with Crippen LogP contribution in [0.1, 0.15) is 19.3 Å². The van der Waals surface area contributed by atoms with Gasteiger partial charge in [-0.2, -0.15) is 0 Å².